The van der Waals surface area contributed by atoms with Crippen LogP contribution in [0.5, 0.6) is 0 Å². The molecule has 6 heteroatoms. The topological polar surface area (TPSA) is 45.5 Å². The smallest absolute Gasteiger partial charge is 0.154 e. The Hall–Kier alpha value is -1.75. The van der Waals surface area contributed by atoms with Gasteiger partial charge >= 0.3 is 0 Å². The lowest BCUT2D eigenvalue weighted by Gasteiger charge is -2.19. The molecule has 1 aromatic rings. The van der Waals surface area contributed by atoms with Gasteiger partial charge in [-0.25, -0.2) is 4.99 Å². The second-order valence-electron chi connectivity index (χ2n) is 5.16. The number of aryl methyl sites for hydroxylation is 1. The van der Waals surface area contributed by atoms with Crippen molar-refractivity contribution < 1.29 is 0 Å². The average Bonchev–Trinajstić information content (AvgIpc) is 2.94. The Morgan fingerprint density at radius 3 is 2.90 bits per heavy atom. The number of hydrogen-bond acceptors (Lipinski definition) is 4. The molecule has 0 radical (unpaired) electrons. The molecule has 1 N–H and O–H groups in total. The van der Waals surface area contributed by atoms with Crippen molar-refractivity contribution in [2.45, 2.75) is 25.9 Å². The number of aromatic nitrogens is 2. The quantitative estimate of drug-likeness (QED) is 0.910. The van der Waals surface area contributed by atoms with E-state index in [0.717, 1.165) is 35.0 Å². The Morgan fingerprint density at radius 1 is 1.45 bits per heavy atom. The normalized spacial score (nSPS) is 22.2. The molecule has 3 rings (SSSR count). The van der Waals surface area contributed by atoms with E-state index in [0.29, 0.717) is 0 Å². The molecule has 2 aliphatic heterocycles. The maximum Gasteiger partial charge on any atom is 0.154 e. The summed E-state index contributed by atoms with van der Waals surface area (Å²) in [4.78, 5) is 6.70. The zero-order valence-corrected chi connectivity index (χ0v) is 12.6. The SMILES string of the molecule is CCC1=CN=C2C(=C(Cl)C1)NC(c1cnn(C)c1)N2C. The summed E-state index contributed by atoms with van der Waals surface area (Å²) in [6.07, 6.45) is 7.57. The number of hydrogen-bond donors (Lipinski definition) is 1. The summed E-state index contributed by atoms with van der Waals surface area (Å²) < 4.78 is 1.80. The number of rotatable bonds is 2. The molecule has 1 atom stereocenters. The number of fused-ring (bicyclic) bond motifs is 1. The molecule has 106 valence electrons. The van der Waals surface area contributed by atoms with Crippen molar-refractivity contribution in [2.75, 3.05) is 7.05 Å². The fraction of sp³-hybridized carbons (Fsp3) is 0.429. The molecule has 20 heavy (non-hydrogen) atoms. The van der Waals surface area contributed by atoms with Crippen LogP contribution in [0.3, 0.4) is 0 Å². The third-order valence-electron chi connectivity index (χ3n) is 3.74. The van der Waals surface area contributed by atoms with Crippen LogP contribution < -0.4 is 5.32 Å². The molecule has 2 aliphatic rings. The second-order valence-corrected chi connectivity index (χ2v) is 5.61. The van der Waals surface area contributed by atoms with Gasteiger partial charge in [0, 0.05) is 43.5 Å². The van der Waals surface area contributed by atoms with Crippen LogP contribution in [0.15, 0.2) is 39.9 Å². The number of amidine groups is 1. The van der Waals surface area contributed by atoms with Crippen LogP contribution in [-0.2, 0) is 7.05 Å². The highest BCUT2D eigenvalue weighted by Gasteiger charge is 2.34. The lowest BCUT2D eigenvalue weighted by Crippen LogP contribution is -2.25. The van der Waals surface area contributed by atoms with E-state index in [1.54, 1.807) is 4.68 Å². The van der Waals surface area contributed by atoms with Gasteiger partial charge in [0.15, 0.2) is 5.84 Å². The van der Waals surface area contributed by atoms with E-state index in [2.05, 4.69) is 27.2 Å². The summed E-state index contributed by atoms with van der Waals surface area (Å²) in [5.74, 6) is 0.896. The maximum atomic E-state index is 6.47. The summed E-state index contributed by atoms with van der Waals surface area (Å²) in [5, 5.41) is 8.51. The summed E-state index contributed by atoms with van der Waals surface area (Å²) in [5.41, 5.74) is 3.28. The van der Waals surface area contributed by atoms with Gasteiger partial charge in [-0.2, -0.15) is 5.10 Å². The lowest BCUT2D eigenvalue weighted by atomic mass is 10.1. The van der Waals surface area contributed by atoms with Crippen molar-refractivity contribution in [1.29, 1.82) is 0 Å². The minimum atomic E-state index is 0.0303. The predicted molar refractivity (Wildman–Crippen MR) is 80.2 cm³/mol. The van der Waals surface area contributed by atoms with E-state index >= 15 is 0 Å². The van der Waals surface area contributed by atoms with E-state index in [1.807, 2.05) is 32.7 Å². The third kappa shape index (κ3) is 2.12. The highest BCUT2D eigenvalue weighted by molar-refractivity contribution is 6.32. The van der Waals surface area contributed by atoms with Gasteiger partial charge in [0.1, 0.15) is 6.17 Å². The molecule has 0 spiro atoms. The van der Waals surface area contributed by atoms with Crippen LogP contribution in [0, 0.1) is 0 Å². The highest BCUT2D eigenvalue weighted by Crippen LogP contribution is 2.33. The number of nitrogens with zero attached hydrogens (tertiary/aromatic N) is 4. The Bertz CT molecular complexity index is 625. The Labute approximate surface area is 123 Å². The first-order valence-corrected chi connectivity index (χ1v) is 7.10. The first-order valence-electron chi connectivity index (χ1n) is 6.72. The van der Waals surface area contributed by atoms with Crippen LogP contribution in [0.2, 0.25) is 0 Å². The van der Waals surface area contributed by atoms with Gasteiger partial charge in [-0.1, -0.05) is 18.5 Å². The zero-order valence-electron chi connectivity index (χ0n) is 11.9. The van der Waals surface area contributed by atoms with Crippen LogP contribution in [-0.4, -0.2) is 27.6 Å². The summed E-state index contributed by atoms with van der Waals surface area (Å²) >= 11 is 6.47. The van der Waals surface area contributed by atoms with Gasteiger partial charge in [0.05, 0.1) is 11.9 Å². The Balaban J connectivity index is 1.98. The minimum absolute atomic E-state index is 0.0303. The molecule has 0 amide bonds. The monoisotopic (exact) mass is 291 g/mol. The Morgan fingerprint density at radius 2 is 2.25 bits per heavy atom. The number of likely N-dealkylation sites (N-methyl/N-ethyl adjacent to an activating group) is 1. The molecular formula is C14H18ClN5. The van der Waals surface area contributed by atoms with Crippen molar-refractivity contribution in [3.8, 4) is 0 Å². The van der Waals surface area contributed by atoms with Crippen LogP contribution >= 0.6 is 11.6 Å². The number of aliphatic imine (C=N–C) groups is 1. The van der Waals surface area contributed by atoms with E-state index in [1.165, 1.54) is 5.57 Å². The first kappa shape index (κ1) is 13.2. The standard InChI is InChI=1S/C14H18ClN5/c1-4-9-5-11(15)12-14(16-6-9)20(3)13(18-12)10-7-17-19(2)8-10/h6-8,13,18H,4-5H2,1-3H3. The van der Waals surface area contributed by atoms with Crippen molar-refractivity contribution in [3.05, 3.63) is 40.5 Å². The van der Waals surface area contributed by atoms with Crippen molar-refractivity contribution in [3.63, 3.8) is 0 Å². The third-order valence-corrected chi connectivity index (χ3v) is 4.07. The van der Waals surface area contributed by atoms with E-state index in [9.17, 15) is 0 Å². The number of nitrogens with one attached hydrogen (secondary N) is 1. The average molecular weight is 292 g/mol. The largest absolute Gasteiger partial charge is 0.357 e. The van der Waals surface area contributed by atoms with Gasteiger partial charge in [-0.05, 0) is 12.0 Å². The lowest BCUT2D eigenvalue weighted by molar-refractivity contribution is 0.378. The molecule has 1 aromatic heterocycles. The molecule has 1 saturated heterocycles. The molecule has 0 bridgehead atoms. The number of halogens is 1. The van der Waals surface area contributed by atoms with Gasteiger partial charge in [-0.3, -0.25) is 4.68 Å². The molecule has 0 saturated carbocycles. The van der Waals surface area contributed by atoms with Crippen LogP contribution in [0.25, 0.3) is 0 Å². The first-order chi connectivity index (χ1) is 9.60. The number of allylic oxidation sites excluding steroid dienone is 2. The Kier molecular flexibility index (Phi) is 3.30. The predicted octanol–water partition coefficient (Wildman–Crippen LogP) is 2.50. The highest BCUT2D eigenvalue weighted by atomic mass is 35.5. The van der Waals surface area contributed by atoms with E-state index in [-0.39, 0.29) is 6.17 Å². The molecule has 5 nitrogen and oxygen atoms in total. The van der Waals surface area contributed by atoms with Crippen molar-refractivity contribution in [2.24, 2.45) is 12.0 Å². The molecule has 1 fully saturated rings. The van der Waals surface area contributed by atoms with E-state index in [4.69, 9.17) is 11.6 Å². The van der Waals surface area contributed by atoms with Gasteiger partial charge in [0.25, 0.3) is 0 Å². The molecular weight excluding hydrogens is 274 g/mol. The van der Waals surface area contributed by atoms with Gasteiger partial charge in [-0.15, -0.1) is 0 Å². The van der Waals surface area contributed by atoms with Crippen molar-refractivity contribution >= 4 is 17.4 Å². The van der Waals surface area contributed by atoms with Gasteiger partial charge in [0.2, 0.25) is 0 Å². The minimum Gasteiger partial charge on any atom is -0.357 e. The van der Waals surface area contributed by atoms with Gasteiger partial charge < -0.3 is 10.2 Å². The maximum absolute atomic E-state index is 6.47. The van der Waals surface area contributed by atoms with Crippen LogP contribution in [0.4, 0.5) is 0 Å². The molecule has 0 aromatic carbocycles. The molecule has 0 aliphatic carbocycles. The molecule has 3 heterocycles. The van der Waals surface area contributed by atoms with Crippen LogP contribution in [0.1, 0.15) is 31.5 Å². The van der Waals surface area contributed by atoms with Crippen molar-refractivity contribution in [1.82, 2.24) is 20.0 Å². The van der Waals surface area contributed by atoms with E-state index < -0.39 is 0 Å². The fourth-order valence-corrected chi connectivity index (χ4v) is 2.85. The second kappa shape index (κ2) is 4.98. The summed E-state index contributed by atoms with van der Waals surface area (Å²) in [6, 6.07) is 0. The summed E-state index contributed by atoms with van der Waals surface area (Å²) in [7, 11) is 3.93. The fourth-order valence-electron chi connectivity index (χ4n) is 2.54. The zero-order chi connectivity index (χ0) is 14.3. The summed E-state index contributed by atoms with van der Waals surface area (Å²) in [6.45, 7) is 2.12. The molecule has 1 unspecified atom stereocenters.